The second-order valence-corrected chi connectivity index (χ2v) is 2.59. The molecule has 0 aliphatic rings. The van der Waals surface area contributed by atoms with Crippen molar-refractivity contribution in [2.75, 3.05) is 7.11 Å². The smallest absolute Gasteiger partial charge is 0.153 e. The van der Waals surface area contributed by atoms with Crippen molar-refractivity contribution in [3.8, 4) is 5.75 Å². The summed E-state index contributed by atoms with van der Waals surface area (Å²) in [6.45, 7) is 3.66. The molecule has 0 saturated heterocycles. The zero-order chi connectivity index (χ0) is 9.14. The van der Waals surface area contributed by atoms with E-state index in [1.165, 1.54) is 7.11 Å². The second kappa shape index (κ2) is 3.34. The molecule has 0 spiro atoms. The molecule has 0 saturated carbocycles. The number of carbonyl (C=O) groups excluding carboxylic acids is 1. The number of hydrogen-bond acceptors (Lipinski definition) is 3. The van der Waals surface area contributed by atoms with Gasteiger partial charge in [0.1, 0.15) is 0 Å². The van der Waals surface area contributed by atoms with E-state index in [0.717, 1.165) is 17.7 Å². The minimum Gasteiger partial charge on any atom is -0.494 e. The van der Waals surface area contributed by atoms with Gasteiger partial charge in [0.05, 0.1) is 18.4 Å². The normalized spacial score (nSPS) is 9.58. The molecular weight excluding hydrogens is 154 g/mol. The predicted molar refractivity (Wildman–Crippen MR) is 45.7 cm³/mol. The maximum Gasteiger partial charge on any atom is 0.153 e. The average molecular weight is 165 g/mol. The molecule has 64 valence electrons. The SMILES string of the molecule is COc1c(C=O)cc(C)nc1C. The molecule has 0 atom stereocenters. The summed E-state index contributed by atoms with van der Waals surface area (Å²) < 4.78 is 5.03. The quantitative estimate of drug-likeness (QED) is 0.624. The Labute approximate surface area is 71.4 Å². The molecular formula is C9H11NO2. The van der Waals surface area contributed by atoms with E-state index in [1.54, 1.807) is 6.07 Å². The standard InChI is InChI=1S/C9H11NO2/c1-6-4-8(5-11)9(12-3)7(2)10-6/h4-5H,1-3H3. The Kier molecular flexibility index (Phi) is 2.43. The highest BCUT2D eigenvalue weighted by Crippen LogP contribution is 2.20. The Morgan fingerprint density at radius 1 is 1.50 bits per heavy atom. The number of aromatic nitrogens is 1. The van der Waals surface area contributed by atoms with Crippen LogP contribution in [0.25, 0.3) is 0 Å². The van der Waals surface area contributed by atoms with Crippen molar-refractivity contribution in [1.82, 2.24) is 4.98 Å². The number of pyridine rings is 1. The van der Waals surface area contributed by atoms with Gasteiger partial charge in [0.2, 0.25) is 0 Å². The van der Waals surface area contributed by atoms with Gasteiger partial charge in [-0.3, -0.25) is 9.78 Å². The molecule has 0 aromatic carbocycles. The van der Waals surface area contributed by atoms with E-state index >= 15 is 0 Å². The highest BCUT2D eigenvalue weighted by Gasteiger charge is 2.06. The number of carbonyl (C=O) groups is 1. The van der Waals surface area contributed by atoms with Gasteiger partial charge in [-0.2, -0.15) is 0 Å². The Morgan fingerprint density at radius 3 is 2.67 bits per heavy atom. The molecule has 0 fully saturated rings. The Morgan fingerprint density at radius 2 is 2.17 bits per heavy atom. The van der Waals surface area contributed by atoms with Crippen LogP contribution in [0.4, 0.5) is 0 Å². The van der Waals surface area contributed by atoms with Crippen molar-refractivity contribution in [3.63, 3.8) is 0 Å². The van der Waals surface area contributed by atoms with Crippen molar-refractivity contribution in [3.05, 3.63) is 23.0 Å². The topological polar surface area (TPSA) is 39.2 Å². The fraction of sp³-hybridized carbons (Fsp3) is 0.333. The van der Waals surface area contributed by atoms with Gasteiger partial charge in [-0.15, -0.1) is 0 Å². The first kappa shape index (κ1) is 8.71. The van der Waals surface area contributed by atoms with Gasteiger partial charge < -0.3 is 4.74 Å². The molecule has 0 aliphatic heterocycles. The van der Waals surface area contributed by atoms with Crippen LogP contribution in [0.3, 0.4) is 0 Å². The number of aldehydes is 1. The first-order valence-electron chi connectivity index (χ1n) is 3.66. The number of rotatable bonds is 2. The number of methoxy groups -OCH3 is 1. The lowest BCUT2D eigenvalue weighted by Crippen LogP contribution is -1.97. The number of aryl methyl sites for hydroxylation is 2. The maximum absolute atomic E-state index is 10.6. The van der Waals surface area contributed by atoms with Crippen LogP contribution in [-0.4, -0.2) is 18.4 Å². The van der Waals surface area contributed by atoms with E-state index in [2.05, 4.69) is 4.98 Å². The van der Waals surface area contributed by atoms with E-state index in [-0.39, 0.29) is 0 Å². The van der Waals surface area contributed by atoms with Crippen LogP contribution in [-0.2, 0) is 0 Å². The summed E-state index contributed by atoms with van der Waals surface area (Å²) in [5.41, 5.74) is 2.14. The van der Waals surface area contributed by atoms with E-state index < -0.39 is 0 Å². The maximum atomic E-state index is 10.6. The molecule has 1 heterocycles. The van der Waals surface area contributed by atoms with Crippen molar-refractivity contribution in [2.24, 2.45) is 0 Å². The molecule has 0 radical (unpaired) electrons. The van der Waals surface area contributed by atoms with Gasteiger partial charge in [0, 0.05) is 5.69 Å². The van der Waals surface area contributed by atoms with Crippen LogP contribution in [0.15, 0.2) is 6.07 Å². The van der Waals surface area contributed by atoms with Crippen molar-refractivity contribution in [2.45, 2.75) is 13.8 Å². The molecule has 0 bridgehead atoms. The van der Waals surface area contributed by atoms with Crippen LogP contribution in [0.5, 0.6) is 5.75 Å². The molecule has 1 aromatic heterocycles. The van der Waals surface area contributed by atoms with Gasteiger partial charge in [-0.25, -0.2) is 0 Å². The van der Waals surface area contributed by atoms with Crippen molar-refractivity contribution < 1.29 is 9.53 Å². The molecule has 3 heteroatoms. The van der Waals surface area contributed by atoms with Gasteiger partial charge in [-0.1, -0.05) is 0 Å². The molecule has 0 aliphatic carbocycles. The molecule has 1 aromatic rings. The lowest BCUT2D eigenvalue weighted by molar-refractivity contribution is 0.112. The average Bonchev–Trinajstić information content (AvgIpc) is 2.03. The summed E-state index contributed by atoms with van der Waals surface area (Å²) in [5, 5.41) is 0. The number of hydrogen-bond donors (Lipinski definition) is 0. The lowest BCUT2D eigenvalue weighted by atomic mass is 10.2. The Balaban J connectivity index is 3.33. The zero-order valence-corrected chi connectivity index (χ0v) is 7.42. The molecule has 12 heavy (non-hydrogen) atoms. The summed E-state index contributed by atoms with van der Waals surface area (Å²) in [7, 11) is 1.53. The first-order valence-corrected chi connectivity index (χ1v) is 3.66. The third-order valence-corrected chi connectivity index (χ3v) is 1.63. The van der Waals surface area contributed by atoms with Gasteiger partial charge in [0.25, 0.3) is 0 Å². The summed E-state index contributed by atoms with van der Waals surface area (Å²) in [6, 6.07) is 1.71. The van der Waals surface area contributed by atoms with Crippen LogP contribution >= 0.6 is 0 Å². The van der Waals surface area contributed by atoms with Crippen LogP contribution in [0, 0.1) is 13.8 Å². The fourth-order valence-corrected chi connectivity index (χ4v) is 1.20. The fourth-order valence-electron chi connectivity index (χ4n) is 1.20. The number of ether oxygens (including phenoxy) is 1. The number of nitrogens with zero attached hydrogens (tertiary/aromatic N) is 1. The Hall–Kier alpha value is -1.38. The van der Waals surface area contributed by atoms with Crippen LogP contribution < -0.4 is 4.74 Å². The minimum atomic E-state index is 0.558. The van der Waals surface area contributed by atoms with E-state index in [0.29, 0.717) is 11.3 Å². The monoisotopic (exact) mass is 165 g/mol. The molecule has 0 N–H and O–H groups in total. The van der Waals surface area contributed by atoms with Crippen LogP contribution in [0.2, 0.25) is 0 Å². The highest BCUT2D eigenvalue weighted by molar-refractivity contribution is 5.79. The van der Waals surface area contributed by atoms with E-state index in [1.807, 2.05) is 13.8 Å². The largest absolute Gasteiger partial charge is 0.494 e. The van der Waals surface area contributed by atoms with Gasteiger partial charge in [0.15, 0.2) is 12.0 Å². The molecule has 3 nitrogen and oxygen atoms in total. The molecule has 0 unspecified atom stereocenters. The van der Waals surface area contributed by atoms with Crippen LogP contribution in [0.1, 0.15) is 21.7 Å². The minimum absolute atomic E-state index is 0.558. The summed E-state index contributed by atoms with van der Waals surface area (Å²) >= 11 is 0. The molecule has 0 amide bonds. The van der Waals surface area contributed by atoms with Gasteiger partial charge in [-0.05, 0) is 19.9 Å². The predicted octanol–water partition coefficient (Wildman–Crippen LogP) is 1.52. The zero-order valence-electron chi connectivity index (χ0n) is 7.42. The third kappa shape index (κ3) is 1.44. The highest BCUT2D eigenvalue weighted by atomic mass is 16.5. The second-order valence-electron chi connectivity index (χ2n) is 2.59. The summed E-state index contributed by atoms with van der Waals surface area (Å²) in [4.78, 5) is 14.8. The third-order valence-electron chi connectivity index (χ3n) is 1.63. The summed E-state index contributed by atoms with van der Waals surface area (Å²) in [6.07, 6.45) is 0.778. The Bertz CT molecular complexity index is 308. The van der Waals surface area contributed by atoms with E-state index in [9.17, 15) is 4.79 Å². The molecule has 1 rings (SSSR count). The first-order chi connectivity index (χ1) is 5.69. The van der Waals surface area contributed by atoms with Crippen molar-refractivity contribution >= 4 is 6.29 Å². The van der Waals surface area contributed by atoms with Crippen molar-refractivity contribution in [1.29, 1.82) is 0 Å². The lowest BCUT2D eigenvalue weighted by Gasteiger charge is -2.06. The van der Waals surface area contributed by atoms with Gasteiger partial charge >= 0.3 is 0 Å². The van der Waals surface area contributed by atoms with E-state index in [4.69, 9.17) is 4.74 Å². The summed E-state index contributed by atoms with van der Waals surface area (Å²) in [5.74, 6) is 0.565.